The van der Waals surface area contributed by atoms with Gasteiger partial charge in [0.15, 0.2) is 0 Å². The van der Waals surface area contributed by atoms with Crippen molar-refractivity contribution in [3.8, 4) is 0 Å². The molecule has 1 heterocycles. The fraction of sp³-hybridized carbons (Fsp3) is 0.833. The summed E-state index contributed by atoms with van der Waals surface area (Å²) in [5.74, 6) is 2.01. The molecule has 1 atom stereocenters. The molecule has 1 unspecified atom stereocenters. The van der Waals surface area contributed by atoms with Crippen LogP contribution in [-0.2, 0) is 13.5 Å². The highest BCUT2D eigenvalue weighted by atomic mass is 15.3. The first-order valence-electron chi connectivity index (χ1n) is 6.37. The Labute approximate surface area is 97.5 Å². The Morgan fingerprint density at radius 3 is 2.94 bits per heavy atom. The second-order valence-corrected chi connectivity index (χ2v) is 4.74. The lowest BCUT2D eigenvalue weighted by Gasteiger charge is -2.17. The molecule has 0 amide bonds. The predicted molar refractivity (Wildman–Crippen MR) is 64.1 cm³/mol. The number of aromatic nitrogens is 3. The summed E-state index contributed by atoms with van der Waals surface area (Å²) in [7, 11) is 1.95. The Morgan fingerprint density at radius 2 is 2.38 bits per heavy atom. The Balaban J connectivity index is 1.71. The average molecular weight is 222 g/mol. The van der Waals surface area contributed by atoms with Crippen molar-refractivity contribution in [2.75, 3.05) is 6.54 Å². The lowest BCUT2D eigenvalue weighted by Crippen LogP contribution is -2.33. The first kappa shape index (κ1) is 11.6. The van der Waals surface area contributed by atoms with Crippen molar-refractivity contribution in [2.24, 2.45) is 13.0 Å². The summed E-state index contributed by atoms with van der Waals surface area (Å²) in [5.41, 5.74) is 0. The molecule has 1 saturated carbocycles. The highest BCUT2D eigenvalue weighted by Crippen LogP contribution is 2.34. The van der Waals surface area contributed by atoms with Crippen LogP contribution in [0.15, 0.2) is 6.33 Å². The molecule has 2 rings (SSSR count). The van der Waals surface area contributed by atoms with Crippen molar-refractivity contribution < 1.29 is 0 Å². The molecular weight excluding hydrogens is 200 g/mol. The number of aryl methyl sites for hydroxylation is 1. The fourth-order valence-corrected chi connectivity index (χ4v) is 2.23. The van der Waals surface area contributed by atoms with Gasteiger partial charge in [-0.1, -0.05) is 13.3 Å². The zero-order valence-electron chi connectivity index (χ0n) is 10.3. The third kappa shape index (κ3) is 3.04. The van der Waals surface area contributed by atoms with Gasteiger partial charge in [-0.25, -0.2) is 4.98 Å². The minimum Gasteiger partial charge on any atom is -0.313 e. The third-order valence-corrected chi connectivity index (χ3v) is 3.35. The standard InChI is InChI=1S/C12H22N4/c1-3-4-11(10-5-6-10)13-8-7-12-14-9-15-16(12)2/h9-11,13H,3-8H2,1-2H3. The zero-order chi connectivity index (χ0) is 11.4. The van der Waals surface area contributed by atoms with E-state index in [9.17, 15) is 0 Å². The lowest BCUT2D eigenvalue weighted by molar-refractivity contribution is 0.430. The number of nitrogens with zero attached hydrogens (tertiary/aromatic N) is 3. The van der Waals surface area contributed by atoms with E-state index in [1.807, 2.05) is 11.7 Å². The van der Waals surface area contributed by atoms with E-state index >= 15 is 0 Å². The van der Waals surface area contributed by atoms with E-state index in [0.717, 1.165) is 30.7 Å². The maximum absolute atomic E-state index is 4.23. The van der Waals surface area contributed by atoms with Crippen LogP contribution in [0.3, 0.4) is 0 Å². The predicted octanol–water partition coefficient (Wildman–Crippen LogP) is 1.53. The van der Waals surface area contributed by atoms with Crippen LogP contribution in [0.25, 0.3) is 0 Å². The van der Waals surface area contributed by atoms with E-state index in [1.54, 1.807) is 6.33 Å². The highest BCUT2D eigenvalue weighted by Gasteiger charge is 2.29. The summed E-state index contributed by atoms with van der Waals surface area (Å²) in [5, 5.41) is 7.74. The molecule has 4 heteroatoms. The van der Waals surface area contributed by atoms with Gasteiger partial charge in [0.1, 0.15) is 12.2 Å². The van der Waals surface area contributed by atoms with Gasteiger partial charge in [0.2, 0.25) is 0 Å². The second-order valence-electron chi connectivity index (χ2n) is 4.74. The van der Waals surface area contributed by atoms with Gasteiger partial charge in [-0.3, -0.25) is 4.68 Å². The van der Waals surface area contributed by atoms with Crippen LogP contribution in [-0.4, -0.2) is 27.4 Å². The van der Waals surface area contributed by atoms with Crippen molar-refractivity contribution in [2.45, 2.75) is 45.1 Å². The van der Waals surface area contributed by atoms with Gasteiger partial charge in [0, 0.05) is 26.1 Å². The maximum Gasteiger partial charge on any atom is 0.138 e. The fourth-order valence-electron chi connectivity index (χ4n) is 2.23. The first-order chi connectivity index (χ1) is 7.81. The molecule has 1 aromatic rings. The monoisotopic (exact) mass is 222 g/mol. The molecule has 16 heavy (non-hydrogen) atoms. The van der Waals surface area contributed by atoms with Crippen LogP contribution in [0.2, 0.25) is 0 Å². The smallest absolute Gasteiger partial charge is 0.138 e. The van der Waals surface area contributed by atoms with E-state index in [1.165, 1.54) is 25.7 Å². The summed E-state index contributed by atoms with van der Waals surface area (Å²) in [6, 6.07) is 0.734. The van der Waals surface area contributed by atoms with E-state index in [-0.39, 0.29) is 0 Å². The number of rotatable bonds is 7. The van der Waals surface area contributed by atoms with Crippen molar-refractivity contribution in [3.05, 3.63) is 12.2 Å². The lowest BCUT2D eigenvalue weighted by atomic mass is 10.1. The molecule has 1 aliphatic rings. The van der Waals surface area contributed by atoms with Gasteiger partial charge in [0.05, 0.1) is 0 Å². The Hall–Kier alpha value is -0.900. The summed E-state index contributed by atoms with van der Waals surface area (Å²) < 4.78 is 1.85. The molecule has 1 N–H and O–H groups in total. The van der Waals surface area contributed by atoms with Crippen LogP contribution < -0.4 is 5.32 Å². The molecule has 0 saturated heterocycles. The van der Waals surface area contributed by atoms with Crippen molar-refractivity contribution in [1.29, 1.82) is 0 Å². The zero-order valence-corrected chi connectivity index (χ0v) is 10.3. The Kier molecular flexibility index (Phi) is 3.93. The molecule has 4 nitrogen and oxygen atoms in total. The minimum absolute atomic E-state index is 0.734. The van der Waals surface area contributed by atoms with E-state index in [4.69, 9.17) is 0 Å². The summed E-state index contributed by atoms with van der Waals surface area (Å²) in [6.07, 6.45) is 8.02. The molecule has 0 aromatic carbocycles. The van der Waals surface area contributed by atoms with Crippen molar-refractivity contribution in [1.82, 2.24) is 20.1 Å². The first-order valence-corrected chi connectivity index (χ1v) is 6.37. The quantitative estimate of drug-likeness (QED) is 0.760. The number of nitrogens with one attached hydrogen (secondary N) is 1. The average Bonchev–Trinajstić information content (AvgIpc) is 3.03. The van der Waals surface area contributed by atoms with Crippen LogP contribution >= 0.6 is 0 Å². The Bertz CT molecular complexity index is 317. The number of hydrogen-bond donors (Lipinski definition) is 1. The van der Waals surface area contributed by atoms with Gasteiger partial charge in [0.25, 0.3) is 0 Å². The summed E-state index contributed by atoms with van der Waals surface area (Å²) in [6.45, 7) is 3.29. The van der Waals surface area contributed by atoms with Crippen molar-refractivity contribution in [3.63, 3.8) is 0 Å². The SMILES string of the molecule is CCCC(NCCc1ncnn1C)C1CC1. The van der Waals surface area contributed by atoms with E-state index in [0.29, 0.717) is 0 Å². The van der Waals surface area contributed by atoms with E-state index < -0.39 is 0 Å². The third-order valence-electron chi connectivity index (χ3n) is 3.35. The molecule has 1 aromatic heterocycles. The van der Waals surface area contributed by atoms with Gasteiger partial charge in [-0.05, 0) is 25.2 Å². The molecule has 0 radical (unpaired) electrons. The molecule has 0 spiro atoms. The van der Waals surface area contributed by atoms with Gasteiger partial charge < -0.3 is 5.32 Å². The number of hydrogen-bond acceptors (Lipinski definition) is 3. The second kappa shape index (κ2) is 5.43. The maximum atomic E-state index is 4.23. The van der Waals surface area contributed by atoms with Gasteiger partial charge >= 0.3 is 0 Å². The normalized spacial score (nSPS) is 17.6. The Morgan fingerprint density at radius 1 is 1.56 bits per heavy atom. The van der Waals surface area contributed by atoms with Crippen LogP contribution in [0.1, 0.15) is 38.4 Å². The van der Waals surface area contributed by atoms with Gasteiger partial charge in [-0.15, -0.1) is 0 Å². The summed E-state index contributed by atoms with van der Waals surface area (Å²) in [4.78, 5) is 4.23. The largest absolute Gasteiger partial charge is 0.313 e. The van der Waals surface area contributed by atoms with E-state index in [2.05, 4.69) is 22.3 Å². The summed E-state index contributed by atoms with van der Waals surface area (Å²) >= 11 is 0. The molecule has 1 fully saturated rings. The highest BCUT2D eigenvalue weighted by molar-refractivity contribution is 4.89. The molecule has 90 valence electrons. The molecule has 0 aliphatic heterocycles. The van der Waals surface area contributed by atoms with Crippen LogP contribution in [0.5, 0.6) is 0 Å². The van der Waals surface area contributed by atoms with Crippen LogP contribution in [0.4, 0.5) is 0 Å². The molecule has 1 aliphatic carbocycles. The molecular formula is C12H22N4. The van der Waals surface area contributed by atoms with Gasteiger partial charge in [-0.2, -0.15) is 5.10 Å². The topological polar surface area (TPSA) is 42.7 Å². The van der Waals surface area contributed by atoms with Crippen molar-refractivity contribution >= 4 is 0 Å². The molecule has 0 bridgehead atoms. The van der Waals surface area contributed by atoms with Crippen LogP contribution in [0, 0.1) is 5.92 Å². The minimum atomic E-state index is 0.734.